The molecule has 0 spiro atoms. The molecule has 0 radical (unpaired) electrons. The molecule has 4 bridgehead atoms. The molecule has 0 atom stereocenters. The SMILES string of the molecule is COCCOCOc1ccc(C(=O)O)cc1C12CC3CC(CC(C3)C1)C2.[Na+].[OH-]. The van der Waals surface area contributed by atoms with Gasteiger partial charge in [0.15, 0.2) is 6.79 Å². The second kappa shape index (κ2) is 9.92. The minimum Gasteiger partial charge on any atom is -0.870 e. The van der Waals surface area contributed by atoms with Gasteiger partial charge in [0, 0.05) is 12.7 Å². The monoisotopic (exact) mass is 400 g/mol. The van der Waals surface area contributed by atoms with Crippen LogP contribution >= 0.6 is 0 Å². The first-order valence-electron chi connectivity index (χ1n) is 9.67. The molecule has 0 aromatic heterocycles. The van der Waals surface area contributed by atoms with Crippen LogP contribution in [0.1, 0.15) is 54.4 Å². The zero-order valence-electron chi connectivity index (χ0n) is 16.9. The number of carboxylic acid groups (broad SMARTS) is 1. The minimum absolute atomic E-state index is 0. The largest absolute Gasteiger partial charge is 1.00 e. The fourth-order valence-electron chi connectivity index (χ4n) is 5.95. The summed E-state index contributed by atoms with van der Waals surface area (Å²) in [4.78, 5) is 11.5. The van der Waals surface area contributed by atoms with Crippen molar-refractivity contribution in [1.82, 2.24) is 0 Å². The van der Waals surface area contributed by atoms with Gasteiger partial charge in [0.2, 0.25) is 0 Å². The van der Waals surface area contributed by atoms with E-state index in [1.165, 1.54) is 38.5 Å². The first-order chi connectivity index (χ1) is 12.6. The average molecular weight is 400 g/mol. The Hall–Kier alpha value is -0.630. The van der Waals surface area contributed by atoms with Crippen LogP contribution in [0.5, 0.6) is 5.75 Å². The molecule has 4 saturated carbocycles. The summed E-state index contributed by atoms with van der Waals surface area (Å²) in [6, 6.07) is 5.31. The maximum absolute atomic E-state index is 11.5. The molecular weight excluding hydrogens is 371 g/mol. The van der Waals surface area contributed by atoms with E-state index >= 15 is 0 Å². The van der Waals surface area contributed by atoms with Crippen LogP contribution in [0, 0.1) is 17.8 Å². The summed E-state index contributed by atoms with van der Waals surface area (Å²) < 4.78 is 16.4. The molecule has 150 valence electrons. The number of ether oxygens (including phenoxy) is 3. The number of carboxylic acids is 1. The molecule has 2 N–H and O–H groups in total. The summed E-state index contributed by atoms with van der Waals surface area (Å²) in [5, 5.41) is 9.48. The number of rotatable bonds is 8. The summed E-state index contributed by atoms with van der Waals surface area (Å²) in [5.74, 6) is 2.29. The molecule has 0 amide bonds. The van der Waals surface area contributed by atoms with E-state index in [-0.39, 0.29) is 47.2 Å². The predicted octanol–water partition coefficient (Wildman–Crippen LogP) is 0.679. The van der Waals surface area contributed by atoms with Crippen LogP contribution in [0.25, 0.3) is 0 Å². The molecule has 4 fully saturated rings. The van der Waals surface area contributed by atoms with E-state index in [9.17, 15) is 9.90 Å². The molecule has 4 aliphatic carbocycles. The Labute approximate surface area is 188 Å². The Morgan fingerprint density at radius 1 is 1.11 bits per heavy atom. The molecule has 1 aromatic carbocycles. The van der Waals surface area contributed by atoms with Gasteiger partial charge >= 0.3 is 35.5 Å². The Morgan fingerprint density at radius 2 is 1.71 bits per heavy atom. The maximum Gasteiger partial charge on any atom is 1.00 e. The van der Waals surface area contributed by atoms with E-state index in [0.29, 0.717) is 18.8 Å². The third kappa shape index (κ3) is 4.74. The van der Waals surface area contributed by atoms with E-state index in [2.05, 4.69) is 0 Å². The van der Waals surface area contributed by atoms with Crippen LogP contribution in [0.15, 0.2) is 18.2 Å². The fourth-order valence-corrected chi connectivity index (χ4v) is 5.95. The van der Waals surface area contributed by atoms with E-state index in [4.69, 9.17) is 14.2 Å². The topological polar surface area (TPSA) is 95.0 Å². The van der Waals surface area contributed by atoms with E-state index in [1.54, 1.807) is 13.2 Å². The molecule has 28 heavy (non-hydrogen) atoms. The molecule has 4 aliphatic rings. The Morgan fingerprint density at radius 3 is 2.25 bits per heavy atom. The maximum atomic E-state index is 11.5. The molecule has 0 heterocycles. The second-order valence-electron chi connectivity index (χ2n) is 8.38. The normalized spacial score (nSPS) is 29.7. The summed E-state index contributed by atoms with van der Waals surface area (Å²) >= 11 is 0. The van der Waals surface area contributed by atoms with Crippen LogP contribution < -0.4 is 34.3 Å². The van der Waals surface area contributed by atoms with E-state index in [1.807, 2.05) is 12.1 Å². The number of aromatic carboxylic acids is 1. The molecule has 0 saturated heterocycles. The third-order valence-corrected chi connectivity index (χ3v) is 6.57. The first kappa shape index (κ1) is 23.6. The molecule has 5 rings (SSSR count). The van der Waals surface area contributed by atoms with Crippen LogP contribution in [-0.2, 0) is 14.9 Å². The van der Waals surface area contributed by atoms with Crippen molar-refractivity contribution in [3.8, 4) is 5.75 Å². The van der Waals surface area contributed by atoms with Gasteiger partial charge in [0.25, 0.3) is 0 Å². The fraction of sp³-hybridized carbons (Fsp3) is 0.667. The number of hydrogen-bond acceptors (Lipinski definition) is 5. The van der Waals surface area contributed by atoms with Gasteiger partial charge in [-0.25, -0.2) is 4.79 Å². The number of benzene rings is 1. The summed E-state index contributed by atoms with van der Waals surface area (Å²) in [6.45, 7) is 1.18. The van der Waals surface area contributed by atoms with Gasteiger partial charge in [-0.1, -0.05) is 0 Å². The van der Waals surface area contributed by atoms with Crippen molar-refractivity contribution >= 4 is 5.97 Å². The van der Waals surface area contributed by atoms with Gasteiger partial charge in [0.1, 0.15) is 5.75 Å². The molecule has 0 aliphatic heterocycles. The molecule has 0 unspecified atom stereocenters. The number of hydrogen-bond donors (Lipinski definition) is 1. The van der Waals surface area contributed by atoms with Crippen molar-refractivity contribution in [3.05, 3.63) is 29.3 Å². The van der Waals surface area contributed by atoms with Crippen molar-refractivity contribution in [2.24, 2.45) is 17.8 Å². The number of carbonyl (C=O) groups is 1. The van der Waals surface area contributed by atoms with Crippen molar-refractivity contribution in [1.29, 1.82) is 0 Å². The standard InChI is InChI=1S/C21H28O5.Na.H2O/c1-24-4-5-25-13-26-19-3-2-17(20(22)23)9-18(19)21-10-14-6-15(11-21)8-16(7-14)12-21;;/h2-3,9,14-16H,4-8,10-13H2,1H3,(H,22,23);;1H2/q;+1;/p-1. The van der Waals surface area contributed by atoms with Gasteiger partial charge in [-0.2, -0.15) is 0 Å². The molecule has 6 nitrogen and oxygen atoms in total. The van der Waals surface area contributed by atoms with Crippen molar-refractivity contribution in [3.63, 3.8) is 0 Å². The average Bonchev–Trinajstić information content (AvgIpc) is 2.60. The number of methoxy groups -OCH3 is 1. The second-order valence-corrected chi connectivity index (χ2v) is 8.38. The van der Waals surface area contributed by atoms with E-state index < -0.39 is 5.97 Å². The zero-order valence-corrected chi connectivity index (χ0v) is 18.9. The Balaban J connectivity index is 0.00000140. The van der Waals surface area contributed by atoms with Crippen molar-refractivity contribution in [2.75, 3.05) is 27.1 Å². The zero-order chi connectivity index (χ0) is 18.1. The smallest absolute Gasteiger partial charge is 0.870 e. The summed E-state index contributed by atoms with van der Waals surface area (Å²) in [7, 11) is 1.64. The summed E-state index contributed by atoms with van der Waals surface area (Å²) in [6.07, 6.45) is 7.57. The van der Waals surface area contributed by atoms with Gasteiger partial charge in [-0.05, 0) is 79.9 Å². The van der Waals surface area contributed by atoms with Crippen LogP contribution in [0.4, 0.5) is 0 Å². The van der Waals surface area contributed by atoms with Crippen LogP contribution in [0.2, 0.25) is 0 Å². The van der Waals surface area contributed by atoms with Gasteiger partial charge in [-0.3, -0.25) is 0 Å². The third-order valence-electron chi connectivity index (χ3n) is 6.57. The minimum atomic E-state index is -0.876. The quantitative estimate of drug-likeness (QED) is 0.392. The molecule has 1 aromatic rings. The van der Waals surface area contributed by atoms with Gasteiger partial charge < -0.3 is 24.8 Å². The van der Waals surface area contributed by atoms with E-state index in [0.717, 1.165) is 29.1 Å². The van der Waals surface area contributed by atoms with Gasteiger partial charge in [0.05, 0.1) is 18.8 Å². The van der Waals surface area contributed by atoms with Crippen molar-refractivity contribution < 1.29 is 59.1 Å². The Kier molecular flexibility index (Phi) is 8.38. The van der Waals surface area contributed by atoms with Crippen molar-refractivity contribution in [2.45, 2.75) is 43.9 Å². The van der Waals surface area contributed by atoms with Crippen LogP contribution in [0.3, 0.4) is 0 Å². The first-order valence-corrected chi connectivity index (χ1v) is 9.67. The van der Waals surface area contributed by atoms with Crippen LogP contribution in [-0.4, -0.2) is 43.7 Å². The Bertz CT molecular complexity index is 642. The van der Waals surface area contributed by atoms with Gasteiger partial charge in [-0.15, -0.1) is 0 Å². The molecular formula is C21H29NaO6. The molecule has 7 heteroatoms. The summed E-state index contributed by atoms with van der Waals surface area (Å²) in [5.41, 5.74) is 1.53. The predicted molar refractivity (Wildman–Crippen MR) is 98.5 cm³/mol.